The minimum atomic E-state index is -0.0966. The van der Waals surface area contributed by atoms with Crippen molar-refractivity contribution in [1.82, 2.24) is 15.1 Å². The minimum Gasteiger partial charge on any atom is -0.372 e. The monoisotopic (exact) mass is 399 g/mol. The maximum absolute atomic E-state index is 12.4. The molecule has 0 bridgehead atoms. The molecule has 0 aromatic heterocycles. The summed E-state index contributed by atoms with van der Waals surface area (Å²) < 4.78 is 0. The van der Waals surface area contributed by atoms with E-state index in [0.717, 1.165) is 57.8 Å². The molecule has 1 atom stereocenters. The molecular weight excluding hydrogens is 366 g/mol. The second-order valence-electron chi connectivity index (χ2n) is 8.56. The van der Waals surface area contributed by atoms with Crippen LogP contribution in [0.3, 0.4) is 0 Å². The van der Waals surface area contributed by atoms with Crippen LogP contribution in [0.1, 0.15) is 32.6 Å². The van der Waals surface area contributed by atoms with E-state index in [4.69, 9.17) is 0 Å². The van der Waals surface area contributed by atoms with Crippen molar-refractivity contribution in [2.75, 3.05) is 56.0 Å². The maximum atomic E-state index is 12.4. The van der Waals surface area contributed by atoms with Crippen LogP contribution in [0.5, 0.6) is 0 Å². The van der Waals surface area contributed by atoms with Gasteiger partial charge in [-0.3, -0.25) is 19.4 Å². The summed E-state index contributed by atoms with van der Waals surface area (Å²) in [5, 5.41) is 6.09. The van der Waals surface area contributed by atoms with Crippen molar-refractivity contribution in [1.29, 1.82) is 0 Å². The number of benzene rings is 1. The van der Waals surface area contributed by atoms with Gasteiger partial charge in [-0.1, -0.05) is 0 Å². The highest BCUT2D eigenvalue weighted by Gasteiger charge is 2.30. The number of hydrogen-bond donors (Lipinski definition) is 2. The largest absolute Gasteiger partial charge is 0.372 e. The standard InChI is InChI=1S/C22H33N5O2/c1-17(22(29)24-19-4-5-19)26-14-12-25(13-15-26)16-21(28)23-18-6-8-20(9-7-18)27-10-2-3-11-27/h6-9,17,19H,2-5,10-16H2,1H3,(H,23,28)(H,24,29)/t17-/m1/s1. The average molecular weight is 400 g/mol. The second kappa shape index (κ2) is 9.13. The molecule has 2 heterocycles. The molecule has 2 saturated heterocycles. The van der Waals surface area contributed by atoms with Crippen molar-refractivity contribution >= 4 is 23.2 Å². The van der Waals surface area contributed by atoms with E-state index in [2.05, 4.69) is 37.5 Å². The molecule has 1 aromatic carbocycles. The van der Waals surface area contributed by atoms with Crippen molar-refractivity contribution in [3.8, 4) is 0 Å². The summed E-state index contributed by atoms with van der Waals surface area (Å²) in [5.74, 6) is 0.156. The zero-order valence-electron chi connectivity index (χ0n) is 17.4. The van der Waals surface area contributed by atoms with Crippen LogP contribution in [0.15, 0.2) is 24.3 Å². The summed E-state index contributed by atoms with van der Waals surface area (Å²) in [6.07, 6.45) is 4.75. The number of hydrogen-bond acceptors (Lipinski definition) is 5. The fraction of sp³-hybridized carbons (Fsp3) is 0.636. The van der Waals surface area contributed by atoms with E-state index in [1.165, 1.54) is 18.5 Å². The number of carbonyl (C=O) groups excluding carboxylic acids is 2. The molecule has 4 rings (SSSR count). The molecule has 2 aliphatic heterocycles. The Kier molecular flexibility index (Phi) is 6.35. The van der Waals surface area contributed by atoms with Gasteiger partial charge in [0.2, 0.25) is 11.8 Å². The second-order valence-corrected chi connectivity index (χ2v) is 8.56. The SMILES string of the molecule is C[C@H](C(=O)NC1CC1)N1CCN(CC(=O)Nc2ccc(N3CCCC3)cc2)CC1. The normalized spacial score (nSPS) is 21.8. The first kappa shape index (κ1) is 20.2. The van der Waals surface area contributed by atoms with Crippen LogP contribution >= 0.6 is 0 Å². The van der Waals surface area contributed by atoms with Gasteiger partial charge in [-0.05, 0) is 56.9 Å². The highest BCUT2D eigenvalue weighted by molar-refractivity contribution is 5.92. The van der Waals surface area contributed by atoms with Gasteiger partial charge >= 0.3 is 0 Å². The first-order valence-corrected chi connectivity index (χ1v) is 11.0. The van der Waals surface area contributed by atoms with Gasteiger partial charge in [0, 0.05) is 56.7 Å². The highest BCUT2D eigenvalue weighted by Crippen LogP contribution is 2.22. The summed E-state index contributed by atoms with van der Waals surface area (Å²) in [6.45, 7) is 7.87. The lowest BCUT2D eigenvalue weighted by atomic mass is 10.2. The van der Waals surface area contributed by atoms with Crippen LogP contribution in [0.25, 0.3) is 0 Å². The fourth-order valence-corrected chi connectivity index (χ4v) is 4.16. The molecule has 0 spiro atoms. The Balaban J connectivity index is 1.19. The Morgan fingerprint density at radius 3 is 2.28 bits per heavy atom. The molecule has 2 N–H and O–H groups in total. The Morgan fingerprint density at radius 2 is 1.66 bits per heavy atom. The van der Waals surface area contributed by atoms with Crippen molar-refractivity contribution in [3.05, 3.63) is 24.3 Å². The number of nitrogens with zero attached hydrogens (tertiary/aromatic N) is 3. The number of rotatable bonds is 7. The molecule has 1 aromatic rings. The van der Waals surface area contributed by atoms with E-state index in [1.54, 1.807) is 0 Å². The van der Waals surface area contributed by atoms with Crippen LogP contribution < -0.4 is 15.5 Å². The zero-order valence-corrected chi connectivity index (χ0v) is 17.4. The summed E-state index contributed by atoms with van der Waals surface area (Å²) in [5.41, 5.74) is 2.08. The molecule has 7 nitrogen and oxygen atoms in total. The third kappa shape index (κ3) is 5.48. The Bertz CT molecular complexity index is 704. The molecule has 2 amide bonds. The van der Waals surface area contributed by atoms with Gasteiger partial charge < -0.3 is 15.5 Å². The molecule has 3 fully saturated rings. The predicted molar refractivity (Wildman–Crippen MR) is 115 cm³/mol. The van der Waals surface area contributed by atoms with E-state index in [1.807, 2.05) is 19.1 Å². The lowest BCUT2D eigenvalue weighted by Gasteiger charge is -2.37. The van der Waals surface area contributed by atoms with Crippen molar-refractivity contribution in [2.45, 2.75) is 44.7 Å². The smallest absolute Gasteiger partial charge is 0.238 e. The van der Waals surface area contributed by atoms with Gasteiger partial charge in [0.05, 0.1) is 12.6 Å². The van der Waals surface area contributed by atoms with Crippen molar-refractivity contribution < 1.29 is 9.59 Å². The summed E-state index contributed by atoms with van der Waals surface area (Å²) in [6, 6.07) is 8.47. The maximum Gasteiger partial charge on any atom is 0.238 e. The lowest BCUT2D eigenvalue weighted by molar-refractivity contribution is -0.127. The van der Waals surface area contributed by atoms with E-state index in [-0.39, 0.29) is 17.9 Å². The van der Waals surface area contributed by atoms with Crippen LogP contribution in [0.4, 0.5) is 11.4 Å². The first-order valence-electron chi connectivity index (χ1n) is 11.0. The van der Waals surface area contributed by atoms with Crippen molar-refractivity contribution in [3.63, 3.8) is 0 Å². The number of carbonyl (C=O) groups is 2. The average Bonchev–Trinajstić information content (AvgIpc) is 3.37. The van der Waals surface area contributed by atoms with Gasteiger partial charge in [0.1, 0.15) is 0 Å². The number of piperazine rings is 1. The van der Waals surface area contributed by atoms with E-state index < -0.39 is 0 Å². The van der Waals surface area contributed by atoms with Gasteiger partial charge in [-0.15, -0.1) is 0 Å². The quantitative estimate of drug-likeness (QED) is 0.728. The van der Waals surface area contributed by atoms with Gasteiger partial charge in [0.25, 0.3) is 0 Å². The number of anilines is 2. The predicted octanol–water partition coefficient (Wildman–Crippen LogP) is 1.51. The molecule has 29 heavy (non-hydrogen) atoms. The molecule has 3 aliphatic rings. The molecule has 0 unspecified atom stereocenters. The van der Waals surface area contributed by atoms with Crippen molar-refractivity contribution in [2.24, 2.45) is 0 Å². The third-order valence-corrected chi connectivity index (χ3v) is 6.25. The molecule has 0 radical (unpaired) electrons. The van der Waals surface area contributed by atoms with E-state index >= 15 is 0 Å². The zero-order chi connectivity index (χ0) is 20.2. The summed E-state index contributed by atoms with van der Waals surface area (Å²) >= 11 is 0. The fourth-order valence-electron chi connectivity index (χ4n) is 4.16. The summed E-state index contributed by atoms with van der Waals surface area (Å²) in [4.78, 5) is 31.4. The Morgan fingerprint density at radius 1 is 1.00 bits per heavy atom. The van der Waals surface area contributed by atoms with Gasteiger partial charge in [-0.25, -0.2) is 0 Å². The van der Waals surface area contributed by atoms with E-state index in [9.17, 15) is 9.59 Å². The molecular formula is C22H33N5O2. The number of amides is 2. The van der Waals surface area contributed by atoms with Crippen LogP contribution in [0, 0.1) is 0 Å². The molecule has 7 heteroatoms. The van der Waals surface area contributed by atoms with Gasteiger partial charge in [0.15, 0.2) is 0 Å². The molecule has 1 saturated carbocycles. The Labute approximate surface area is 173 Å². The van der Waals surface area contributed by atoms with Gasteiger partial charge in [-0.2, -0.15) is 0 Å². The molecule has 158 valence electrons. The van der Waals surface area contributed by atoms with Crippen LogP contribution in [-0.2, 0) is 9.59 Å². The van der Waals surface area contributed by atoms with Crippen LogP contribution in [0.2, 0.25) is 0 Å². The summed E-state index contributed by atoms with van der Waals surface area (Å²) in [7, 11) is 0. The Hall–Kier alpha value is -2.12. The molecule has 1 aliphatic carbocycles. The number of nitrogens with one attached hydrogen (secondary N) is 2. The van der Waals surface area contributed by atoms with Crippen LogP contribution in [-0.4, -0.2) is 79.5 Å². The highest BCUT2D eigenvalue weighted by atomic mass is 16.2. The first-order chi connectivity index (χ1) is 14.1. The third-order valence-electron chi connectivity index (χ3n) is 6.25. The lowest BCUT2D eigenvalue weighted by Crippen LogP contribution is -2.55. The topological polar surface area (TPSA) is 67.9 Å². The minimum absolute atomic E-state index is 0.0203. The van der Waals surface area contributed by atoms with E-state index in [0.29, 0.717) is 12.6 Å².